The van der Waals surface area contributed by atoms with E-state index < -0.39 is 5.82 Å². The number of halogens is 1. The third-order valence-electron chi connectivity index (χ3n) is 1.85. The second kappa shape index (κ2) is 3.65. The Morgan fingerprint density at radius 3 is 2.25 bits per heavy atom. The summed E-state index contributed by atoms with van der Waals surface area (Å²) in [5.41, 5.74) is 1.62. The van der Waals surface area contributed by atoms with Gasteiger partial charge in [0.1, 0.15) is 5.82 Å². The molecule has 0 aromatic heterocycles. The topological polar surface area (TPSA) is 40.5 Å². The van der Waals surface area contributed by atoms with E-state index in [-0.39, 0.29) is 18.8 Å². The average molecular weight is 170 g/mol. The Kier molecular flexibility index (Phi) is 2.78. The predicted octanol–water partition coefficient (Wildman–Crippen LogP) is 1.12. The molecule has 0 saturated carbocycles. The van der Waals surface area contributed by atoms with E-state index >= 15 is 0 Å². The fourth-order valence-electron chi connectivity index (χ4n) is 1.07. The van der Waals surface area contributed by atoms with Crippen LogP contribution in [0.5, 0.6) is 0 Å². The Hall–Kier alpha value is -0.930. The highest BCUT2D eigenvalue weighted by Crippen LogP contribution is 2.15. The van der Waals surface area contributed by atoms with Crippen LogP contribution in [-0.4, -0.2) is 10.2 Å². The molecule has 2 N–H and O–H groups in total. The van der Waals surface area contributed by atoms with Crippen molar-refractivity contribution in [2.45, 2.75) is 20.1 Å². The molecular weight excluding hydrogens is 159 g/mol. The lowest BCUT2D eigenvalue weighted by Crippen LogP contribution is -1.96. The Bertz CT molecular complexity index is 254. The van der Waals surface area contributed by atoms with Crippen LogP contribution in [0.4, 0.5) is 4.39 Å². The monoisotopic (exact) mass is 170 g/mol. The number of benzene rings is 1. The number of aryl methyl sites for hydroxylation is 1. The first kappa shape index (κ1) is 9.16. The van der Waals surface area contributed by atoms with Crippen LogP contribution in [0.15, 0.2) is 12.1 Å². The van der Waals surface area contributed by atoms with Gasteiger partial charge in [0.15, 0.2) is 0 Å². The Morgan fingerprint density at radius 2 is 1.75 bits per heavy atom. The lowest BCUT2D eigenvalue weighted by atomic mass is 10.1. The molecule has 66 valence electrons. The van der Waals surface area contributed by atoms with Gasteiger partial charge < -0.3 is 10.2 Å². The first-order valence-electron chi connectivity index (χ1n) is 3.68. The first-order chi connectivity index (χ1) is 5.69. The maximum Gasteiger partial charge on any atom is 0.129 e. The fourth-order valence-corrected chi connectivity index (χ4v) is 1.07. The molecule has 0 radical (unpaired) electrons. The summed E-state index contributed by atoms with van der Waals surface area (Å²) in [5, 5.41) is 17.5. The SMILES string of the molecule is Cc1cc(CO)c(F)cc1CO. The molecule has 0 saturated heterocycles. The molecule has 3 heteroatoms. The molecule has 0 aliphatic carbocycles. The van der Waals surface area contributed by atoms with E-state index in [1.165, 1.54) is 6.07 Å². The van der Waals surface area contributed by atoms with Gasteiger partial charge in [-0.3, -0.25) is 0 Å². The highest BCUT2D eigenvalue weighted by molar-refractivity contribution is 5.31. The standard InChI is InChI=1S/C9H11FO2/c1-6-2-8(5-12)9(10)3-7(6)4-11/h2-3,11-12H,4-5H2,1H3. The van der Waals surface area contributed by atoms with Crippen LogP contribution in [0, 0.1) is 12.7 Å². The molecule has 1 aromatic rings. The second-order valence-electron chi connectivity index (χ2n) is 2.69. The molecule has 0 bridgehead atoms. The van der Waals surface area contributed by atoms with E-state index in [1.54, 1.807) is 13.0 Å². The van der Waals surface area contributed by atoms with Crippen molar-refractivity contribution in [2.24, 2.45) is 0 Å². The van der Waals surface area contributed by atoms with Crippen LogP contribution in [-0.2, 0) is 13.2 Å². The van der Waals surface area contributed by atoms with Crippen molar-refractivity contribution in [1.82, 2.24) is 0 Å². The van der Waals surface area contributed by atoms with Crippen LogP contribution in [0.1, 0.15) is 16.7 Å². The van der Waals surface area contributed by atoms with E-state index in [2.05, 4.69) is 0 Å². The summed E-state index contributed by atoms with van der Waals surface area (Å²) in [6.07, 6.45) is 0. The van der Waals surface area contributed by atoms with Crippen molar-refractivity contribution in [3.8, 4) is 0 Å². The Morgan fingerprint density at radius 1 is 1.17 bits per heavy atom. The summed E-state index contributed by atoms with van der Waals surface area (Å²) in [6, 6.07) is 2.79. The van der Waals surface area contributed by atoms with Gasteiger partial charge in [-0.25, -0.2) is 4.39 Å². The largest absolute Gasteiger partial charge is 0.392 e. The van der Waals surface area contributed by atoms with E-state index in [0.717, 1.165) is 5.56 Å². The summed E-state index contributed by atoms with van der Waals surface area (Å²) < 4.78 is 12.9. The minimum absolute atomic E-state index is 0.172. The molecule has 0 heterocycles. The molecule has 2 nitrogen and oxygen atoms in total. The van der Waals surface area contributed by atoms with Crippen LogP contribution in [0.25, 0.3) is 0 Å². The maximum atomic E-state index is 12.9. The maximum absolute atomic E-state index is 12.9. The van der Waals surface area contributed by atoms with Crippen molar-refractivity contribution in [2.75, 3.05) is 0 Å². The summed E-state index contributed by atoms with van der Waals surface area (Å²) in [6.45, 7) is 1.29. The third kappa shape index (κ3) is 1.62. The van der Waals surface area contributed by atoms with Gasteiger partial charge >= 0.3 is 0 Å². The molecular formula is C9H11FO2. The summed E-state index contributed by atoms with van der Waals surface area (Å²) in [5.74, 6) is -0.466. The number of hydrogen-bond donors (Lipinski definition) is 2. The van der Waals surface area contributed by atoms with Gasteiger partial charge in [0.2, 0.25) is 0 Å². The van der Waals surface area contributed by atoms with Gasteiger partial charge in [-0.15, -0.1) is 0 Å². The van der Waals surface area contributed by atoms with Crippen LogP contribution in [0.3, 0.4) is 0 Å². The summed E-state index contributed by atoms with van der Waals surface area (Å²) >= 11 is 0. The summed E-state index contributed by atoms with van der Waals surface area (Å²) in [7, 11) is 0. The zero-order chi connectivity index (χ0) is 9.14. The van der Waals surface area contributed by atoms with Crippen molar-refractivity contribution in [1.29, 1.82) is 0 Å². The van der Waals surface area contributed by atoms with Crippen molar-refractivity contribution >= 4 is 0 Å². The lowest BCUT2D eigenvalue weighted by molar-refractivity contribution is 0.271. The second-order valence-corrected chi connectivity index (χ2v) is 2.69. The molecule has 0 spiro atoms. The molecule has 0 unspecified atom stereocenters. The quantitative estimate of drug-likeness (QED) is 0.698. The molecule has 0 atom stereocenters. The van der Waals surface area contributed by atoms with Crippen molar-refractivity contribution < 1.29 is 14.6 Å². The van der Waals surface area contributed by atoms with Gasteiger partial charge in [0, 0.05) is 5.56 Å². The molecule has 0 fully saturated rings. The third-order valence-corrected chi connectivity index (χ3v) is 1.85. The lowest BCUT2D eigenvalue weighted by Gasteiger charge is -2.05. The molecule has 0 aliphatic rings. The van der Waals surface area contributed by atoms with Gasteiger partial charge in [-0.05, 0) is 24.1 Å². The Labute approximate surface area is 70.3 Å². The van der Waals surface area contributed by atoms with Gasteiger partial charge in [-0.1, -0.05) is 6.07 Å². The van der Waals surface area contributed by atoms with Gasteiger partial charge in [0.05, 0.1) is 13.2 Å². The van der Waals surface area contributed by atoms with Crippen LogP contribution < -0.4 is 0 Å². The molecule has 0 amide bonds. The summed E-state index contributed by atoms with van der Waals surface area (Å²) in [4.78, 5) is 0. The van der Waals surface area contributed by atoms with Crippen molar-refractivity contribution in [3.63, 3.8) is 0 Å². The number of rotatable bonds is 2. The van der Waals surface area contributed by atoms with E-state index in [4.69, 9.17) is 10.2 Å². The molecule has 1 aromatic carbocycles. The van der Waals surface area contributed by atoms with Gasteiger partial charge in [-0.2, -0.15) is 0 Å². The van der Waals surface area contributed by atoms with Gasteiger partial charge in [0.25, 0.3) is 0 Å². The van der Waals surface area contributed by atoms with E-state index in [1.807, 2.05) is 0 Å². The molecule has 1 rings (SSSR count). The van der Waals surface area contributed by atoms with Crippen LogP contribution in [0.2, 0.25) is 0 Å². The normalized spacial score (nSPS) is 10.3. The van der Waals surface area contributed by atoms with Crippen LogP contribution >= 0.6 is 0 Å². The predicted molar refractivity (Wildman–Crippen MR) is 43.0 cm³/mol. The number of aliphatic hydroxyl groups excluding tert-OH is 2. The fraction of sp³-hybridized carbons (Fsp3) is 0.333. The van der Waals surface area contributed by atoms with Crippen molar-refractivity contribution in [3.05, 3.63) is 34.6 Å². The average Bonchev–Trinajstić information content (AvgIpc) is 2.08. The Balaban J connectivity index is 3.16. The minimum atomic E-state index is -0.466. The van der Waals surface area contributed by atoms with E-state index in [0.29, 0.717) is 5.56 Å². The first-order valence-corrected chi connectivity index (χ1v) is 3.68. The highest BCUT2D eigenvalue weighted by atomic mass is 19.1. The number of aliphatic hydroxyl groups is 2. The molecule has 12 heavy (non-hydrogen) atoms. The smallest absolute Gasteiger partial charge is 0.129 e. The zero-order valence-electron chi connectivity index (χ0n) is 6.84. The highest BCUT2D eigenvalue weighted by Gasteiger charge is 2.04. The minimum Gasteiger partial charge on any atom is -0.392 e. The molecule has 0 aliphatic heterocycles. The zero-order valence-corrected chi connectivity index (χ0v) is 6.84. The van der Waals surface area contributed by atoms with E-state index in [9.17, 15) is 4.39 Å². The number of hydrogen-bond acceptors (Lipinski definition) is 2.